The highest BCUT2D eigenvalue weighted by Crippen LogP contribution is 2.10. The number of amides is 2. The Kier molecular flexibility index (Phi) is 10.6. The molecule has 0 aliphatic carbocycles. The predicted molar refractivity (Wildman–Crippen MR) is 146 cm³/mol. The summed E-state index contributed by atoms with van der Waals surface area (Å²) in [5.74, 6) is -0.647. The second-order valence-corrected chi connectivity index (χ2v) is 8.52. The molecule has 3 rings (SSSR count). The van der Waals surface area contributed by atoms with Gasteiger partial charge in [0, 0.05) is 11.1 Å². The van der Waals surface area contributed by atoms with Gasteiger partial charge >= 0.3 is 0 Å². The Morgan fingerprint density at radius 2 is 0.917 bits per heavy atom. The van der Waals surface area contributed by atoms with Gasteiger partial charge in [0.1, 0.15) is 0 Å². The quantitative estimate of drug-likeness (QED) is 0.233. The van der Waals surface area contributed by atoms with Crippen LogP contribution in [0.1, 0.15) is 84.2 Å². The zero-order chi connectivity index (χ0) is 25.6. The van der Waals surface area contributed by atoms with Crippen LogP contribution in [0.3, 0.4) is 0 Å². The predicted octanol–water partition coefficient (Wildman–Crippen LogP) is 6.34. The number of hydrogen-bond acceptors (Lipinski definition) is 4. The molecule has 0 radical (unpaired) electrons. The van der Waals surface area contributed by atoms with Gasteiger partial charge in [0.05, 0.1) is 11.4 Å². The van der Waals surface area contributed by atoms with Crippen molar-refractivity contribution in [2.75, 3.05) is 0 Å². The van der Waals surface area contributed by atoms with Crippen molar-refractivity contribution in [3.63, 3.8) is 0 Å². The highest BCUT2D eigenvalue weighted by Gasteiger charge is 2.11. The van der Waals surface area contributed by atoms with Crippen molar-refractivity contribution in [2.45, 2.75) is 52.4 Å². The van der Waals surface area contributed by atoms with E-state index in [9.17, 15) is 9.59 Å². The van der Waals surface area contributed by atoms with Crippen LogP contribution in [0.4, 0.5) is 0 Å². The molecule has 0 aliphatic heterocycles. The molecule has 6 nitrogen and oxygen atoms in total. The van der Waals surface area contributed by atoms with Gasteiger partial charge in [-0.15, -0.1) is 0 Å². The molecule has 0 saturated heterocycles. The second kappa shape index (κ2) is 14.4. The summed E-state index contributed by atoms with van der Waals surface area (Å²) in [7, 11) is 0. The van der Waals surface area contributed by atoms with E-state index in [1.165, 1.54) is 0 Å². The molecule has 186 valence electrons. The van der Waals surface area contributed by atoms with Crippen LogP contribution in [0.5, 0.6) is 0 Å². The lowest BCUT2D eigenvalue weighted by molar-refractivity contribution is 0.0943. The van der Waals surface area contributed by atoms with E-state index in [-0.39, 0.29) is 11.8 Å². The number of nitrogens with one attached hydrogen (secondary N) is 2. The monoisotopic (exact) mass is 482 g/mol. The fraction of sp³-hybridized carbons (Fsp3) is 0.267. The van der Waals surface area contributed by atoms with Gasteiger partial charge in [-0.25, -0.2) is 10.9 Å². The molecule has 0 unspecified atom stereocenters. The van der Waals surface area contributed by atoms with Crippen LogP contribution in [0, 0.1) is 0 Å². The lowest BCUT2D eigenvalue weighted by Crippen LogP contribution is -2.22. The lowest BCUT2D eigenvalue weighted by Gasteiger charge is -2.08. The number of unbranched alkanes of at least 4 members (excludes halogenated alkanes) is 2. The van der Waals surface area contributed by atoms with Crippen LogP contribution in [0.25, 0.3) is 0 Å². The number of benzene rings is 3. The molecule has 3 aromatic carbocycles. The van der Waals surface area contributed by atoms with E-state index < -0.39 is 0 Å². The van der Waals surface area contributed by atoms with E-state index in [1.54, 1.807) is 24.3 Å². The Bertz CT molecular complexity index is 1080. The Morgan fingerprint density at radius 1 is 0.556 bits per heavy atom. The molecule has 6 heteroatoms. The molecule has 0 atom stereocenters. The average Bonchev–Trinajstić information content (AvgIpc) is 2.94. The maximum atomic E-state index is 12.7. The van der Waals surface area contributed by atoms with Crippen LogP contribution in [-0.2, 0) is 0 Å². The van der Waals surface area contributed by atoms with Gasteiger partial charge in [-0.3, -0.25) is 9.59 Å². The van der Waals surface area contributed by atoms with Crippen LogP contribution in [0.15, 0.2) is 95.1 Å². The van der Waals surface area contributed by atoms with Crippen LogP contribution >= 0.6 is 0 Å². The molecule has 0 heterocycles. The van der Waals surface area contributed by atoms with E-state index in [0.717, 1.165) is 61.1 Å². The third-order valence-electron chi connectivity index (χ3n) is 5.74. The van der Waals surface area contributed by atoms with Crippen LogP contribution < -0.4 is 10.9 Å². The fourth-order valence-corrected chi connectivity index (χ4v) is 3.62. The first-order chi connectivity index (χ1) is 17.6. The number of rotatable bonds is 12. The minimum atomic E-state index is -0.323. The summed E-state index contributed by atoms with van der Waals surface area (Å²) in [6, 6.07) is 26.2. The van der Waals surface area contributed by atoms with Crippen molar-refractivity contribution in [3.8, 4) is 0 Å². The summed E-state index contributed by atoms with van der Waals surface area (Å²) >= 11 is 0. The maximum absolute atomic E-state index is 12.7. The summed E-state index contributed by atoms with van der Waals surface area (Å²) in [6.07, 6.45) is 5.62. The molecule has 0 aromatic heterocycles. The first-order valence-electron chi connectivity index (χ1n) is 12.6. The van der Waals surface area contributed by atoms with E-state index in [4.69, 9.17) is 0 Å². The van der Waals surface area contributed by atoms with Gasteiger partial charge in [0.25, 0.3) is 11.8 Å². The number of carbonyl (C=O) groups is 2. The molecule has 0 aliphatic rings. The van der Waals surface area contributed by atoms with Crippen molar-refractivity contribution >= 4 is 23.2 Å². The molecular formula is C30H34N4O2. The van der Waals surface area contributed by atoms with Gasteiger partial charge in [0.15, 0.2) is 0 Å². The Balaban J connectivity index is 1.65. The van der Waals surface area contributed by atoms with E-state index >= 15 is 0 Å². The van der Waals surface area contributed by atoms with Crippen LogP contribution in [-0.4, -0.2) is 23.2 Å². The molecule has 3 aromatic rings. The second-order valence-electron chi connectivity index (χ2n) is 8.52. The molecule has 0 saturated carbocycles. The first kappa shape index (κ1) is 26.5. The summed E-state index contributed by atoms with van der Waals surface area (Å²) < 4.78 is 0. The molecule has 0 fully saturated rings. The maximum Gasteiger partial charge on any atom is 0.271 e. The third kappa shape index (κ3) is 8.01. The largest absolute Gasteiger partial charge is 0.271 e. The van der Waals surface area contributed by atoms with Crippen molar-refractivity contribution < 1.29 is 9.59 Å². The summed E-state index contributed by atoms with van der Waals surface area (Å²) in [6.45, 7) is 4.25. The van der Waals surface area contributed by atoms with Gasteiger partial charge in [-0.2, -0.15) is 10.2 Å². The van der Waals surface area contributed by atoms with Crippen molar-refractivity contribution in [1.29, 1.82) is 0 Å². The molecular weight excluding hydrogens is 448 g/mol. The van der Waals surface area contributed by atoms with Crippen molar-refractivity contribution in [1.82, 2.24) is 10.9 Å². The number of nitrogens with zero attached hydrogens (tertiary/aromatic N) is 2. The zero-order valence-corrected chi connectivity index (χ0v) is 21.0. The zero-order valence-electron chi connectivity index (χ0n) is 21.0. The standard InChI is InChI=1S/C30H34N4O2/c1-3-5-17-27(23-13-9-7-10-14-23)31-33-29(35)25-19-21-26(22-20-25)30(36)34-32-28(18-6-4-2)24-15-11-8-12-16-24/h7-16,19-22H,3-6,17-18H2,1-2H3,(H,33,35)(H,34,36). The third-order valence-corrected chi connectivity index (χ3v) is 5.74. The summed E-state index contributed by atoms with van der Waals surface area (Å²) in [4.78, 5) is 25.3. The Labute approximate surface area is 213 Å². The first-order valence-corrected chi connectivity index (χ1v) is 12.6. The van der Waals surface area contributed by atoms with Gasteiger partial charge in [0.2, 0.25) is 0 Å². The van der Waals surface area contributed by atoms with Crippen LogP contribution in [0.2, 0.25) is 0 Å². The van der Waals surface area contributed by atoms with Gasteiger partial charge in [-0.05, 0) is 61.1 Å². The minimum absolute atomic E-state index is 0.323. The van der Waals surface area contributed by atoms with Crippen molar-refractivity contribution in [2.24, 2.45) is 10.2 Å². The van der Waals surface area contributed by atoms with Gasteiger partial charge in [-0.1, -0.05) is 87.4 Å². The van der Waals surface area contributed by atoms with Crippen molar-refractivity contribution in [3.05, 3.63) is 107 Å². The lowest BCUT2D eigenvalue weighted by atomic mass is 10.1. The molecule has 0 spiro atoms. The molecule has 2 amide bonds. The average molecular weight is 483 g/mol. The highest BCUT2D eigenvalue weighted by molar-refractivity contribution is 6.03. The normalized spacial score (nSPS) is 11.7. The van der Waals surface area contributed by atoms with E-state index in [2.05, 4.69) is 34.9 Å². The Morgan fingerprint density at radius 3 is 1.25 bits per heavy atom. The highest BCUT2D eigenvalue weighted by atomic mass is 16.2. The molecule has 2 N–H and O–H groups in total. The fourth-order valence-electron chi connectivity index (χ4n) is 3.62. The number of hydrazone groups is 2. The summed E-state index contributed by atoms with van der Waals surface area (Å²) in [5.41, 5.74) is 9.85. The smallest absolute Gasteiger partial charge is 0.267 e. The number of hydrogen-bond donors (Lipinski definition) is 2. The Hall–Kier alpha value is -4.06. The minimum Gasteiger partial charge on any atom is -0.267 e. The molecule has 36 heavy (non-hydrogen) atoms. The van der Waals surface area contributed by atoms with E-state index in [0.29, 0.717) is 11.1 Å². The van der Waals surface area contributed by atoms with Gasteiger partial charge < -0.3 is 0 Å². The van der Waals surface area contributed by atoms with E-state index in [1.807, 2.05) is 60.7 Å². The molecule has 0 bridgehead atoms. The SMILES string of the molecule is CCCCC(=NNC(=O)c1ccc(C(=O)NN=C(CCCC)c2ccccc2)cc1)c1ccccc1. The summed E-state index contributed by atoms with van der Waals surface area (Å²) in [5, 5.41) is 8.77. The number of carbonyl (C=O) groups excluding carboxylic acids is 2. The topological polar surface area (TPSA) is 82.9 Å².